The summed E-state index contributed by atoms with van der Waals surface area (Å²) < 4.78 is 0. The zero-order valence-corrected chi connectivity index (χ0v) is 11.7. The van der Waals surface area contributed by atoms with Gasteiger partial charge in [0.1, 0.15) is 5.69 Å². The molecule has 2 aromatic heterocycles. The molecule has 2 heterocycles. The maximum absolute atomic E-state index is 11.9. The molecule has 0 bridgehead atoms. The van der Waals surface area contributed by atoms with E-state index in [0.717, 1.165) is 0 Å². The first-order valence-electron chi connectivity index (χ1n) is 5.92. The van der Waals surface area contributed by atoms with Gasteiger partial charge in [0.25, 0.3) is 5.91 Å². The Bertz CT molecular complexity index is 513. The number of aromatic nitrogens is 2. The maximum atomic E-state index is 11.9. The third kappa shape index (κ3) is 3.59. The van der Waals surface area contributed by atoms with Gasteiger partial charge in [-0.3, -0.25) is 9.78 Å². The quantitative estimate of drug-likeness (QED) is 0.900. The van der Waals surface area contributed by atoms with Crippen LogP contribution in [-0.2, 0) is 0 Å². The maximum Gasteiger partial charge on any atom is 0.271 e. The van der Waals surface area contributed by atoms with Crippen LogP contribution in [-0.4, -0.2) is 41.4 Å². The van der Waals surface area contributed by atoms with Gasteiger partial charge in [0.05, 0.1) is 12.2 Å². The minimum atomic E-state index is -0.198. The van der Waals surface area contributed by atoms with Gasteiger partial charge in [0.15, 0.2) is 0 Å². The minimum absolute atomic E-state index is 0.167. The van der Waals surface area contributed by atoms with Crippen molar-refractivity contribution in [1.82, 2.24) is 20.2 Å². The third-order valence-corrected chi connectivity index (χ3v) is 3.72. The molecule has 0 saturated heterocycles. The molecule has 2 rings (SSSR count). The van der Waals surface area contributed by atoms with E-state index < -0.39 is 0 Å². The molecule has 0 saturated carbocycles. The van der Waals surface area contributed by atoms with Crippen molar-refractivity contribution >= 4 is 17.2 Å². The summed E-state index contributed by atoms with van der Waals surface area (Å²) in [6.45, 7) is 0.545. The van der Waals surface area contributed by atoms with Crippen LogP contribution in [0.2, 0.25) is 0 Å². The zero-order chi connectivity index (χ0) is 13.7. The van der Waals surface area contributed by atoms with E-state index in [-0.39, 0.29) is 11.9 Å². The monoisotopic (exact) mass is 276 g/mol. The number of carbonyl (C=O) groups is 1. The van der Waals surface area contributed by atoms with E-state index in [1.165, 1.54) is 17.3 Å². The van der Waals surface area contributed by atoms with Gasteiger partial charge < -0.3 is 10.2 Å². The van der Waals surface area contributed by atoms with Gasteiger partial charge in [-0.05, 0) is 25.5 Å². The molecule has 100 valence electrons. The van der Waals surface area contributed by atoms with Crippen LogP contribution in [0.4, 0.5) is 0 Å². The Hall–Kier alpha value is -1.79. The average Bonchev–Trinajstić information content (AvgIpc) is 2.93. The van der Waals surface area contributed by atoms with Gasteiger partial charge in [-0.25, -0.2) is 4.98 Å². The third-order valence-electron chi connectivity index (χ3n) is 2.75. The SMILES string of the molecule is CN(C)[C@@H](CNC(=O)c1cnccn1)c1cccs1. The Balaban J connectivity index is 1.98. The summed E-state index contributed by atoms with van der Waals surface area (Å²) in [5.41, 5.74) is 0.339. The number of hydrogen-bond acceptors (Lipinski definition) is 5. The Morgan fingerprint density at radius 1 is 1.47 bits per heavy atom. The van der Waals surface area contributed by atoms with Gasteiger partial charge in [0.2, 0.25) is 0 Å². The number of nitrogens with one attached hydrogen (secondary N) is 1. The highest BCUT2D eigenvalue weighted by atomic mass is 32.1. The topological polar surface area (TPSA) is 58.1 Å². The lowest BCUT2D eigenvalue weighted by atomic mass is 10.2. The van der Waals surface area contributed by atoms with Crippen LogP contribution in [0.5, 0.6) is 0 Å². The smallest absolute Gasteiger partial charge is 0.271 e. The fourth-order valence-corrected chi connectivity index (χ4v) is 2.64. The van der Waals surface area contributed by atoms with E-state index in [0.29, 0.717) is 12.2 Å². The molecular formula is C13H16N4OS. The van der Waals surface area contributed by atoms with Gasteiger partial charge in [-0.2, -0.15) is 0 Å². The first-order chi connectivity index (χ1) is 9.18. The van der Waals surface area contributed by atoms with Crippen molar-refractivity contribution in [1.29, 1.82) is 0 Å². The van der Waals surface area contributed by atoms with Crippen molar-refractivity contribution in [3.05, 3.63) is 46.7 Å². The molecule has 0 unspecified atom stereocenters. The number of carbonyl (C=O) groups excluding carboxylic acids is 1. The highest BCUT2D eigenvalue weighted by Crippen LogP contribution is 2.22. The van der Waals surface area contributed by atoms with E-state index in [2.05, 4.69) is 26.3 Å². The lowest BCUT2D eigenvalue weighted by Crippen LogP contribution is -2.34. The highest BCUT2D eigenvalue weighted by Gasteiger charge is 2.17. The Morgan fingerprint density at radius 2 is 2.32 bits per heavy atom. The second-order valence-corrected chi connectivity index (χ2v) is 5.27. The van der Waals surface area contributed by atoms with Crippen molar-refractivity contribution in [3.63, 3.8) is 0 Å². The number of thiophene rings is 1. The number of hydrogen-bond donors (Lipinski definition) is 1. The fourth-order valence-electron chi connectivity index (χ4n) is 1.71. The van der Waals surface area contributed by atoms with E-state index in [4.69, 9.17) is 0 Å². The van der Waals surface area contributed by atoms with Crippen LogP contribution in [0.25, 0.3) is 0 Å². The predicted octanol–water partition coefficient (Wildman–Crippen LogP) is 1.57. The van der Waals surface area contributed by atoms with Crippen LogP contribution in [0.15, 0.2) is 36.1 Å². The lowest BCUT2D eigenvalue weighted by molar-refractivity contribution is 0.0937. The van der Waals surface area contributed by atoms with Crippen molar-refractivity contribution in [2.24, 2.45) is 0 Å². The normalized spacial score (nSPS) is 12.4. The fraction of sp³-hybridized carbons (Fsp3) is 0.308. The number of amides is 1. The summed E-state index contributed by atoms with van der Waals surface area (Å²) in [7, 11) is 4.00. The molecule has 1 amide bonds. The van der Waals surface area contributed by atoms with Gasteiger partial charge in [-0.15, -0.1) is 11.3 Å². The van der Waals surface area contributed by atoms with Crippen molar-refractivity contribution in [2.75, 3.05) is 20.6 Å². The molecule has 1 atom stereocenters. The molecule has 19 heavy (non-hydrogen) atoms. The number of likely N-dealkylation sites (N-methyl/N-ethyl adjacent to an activating group) is 1. The lowest BCUT2D eigenvalue weighted by Gasteiger charge is -2.23. The summed E-state index contributed by atoms with van der Waals surface area (Å²) >= 11 is 1.69. The molecule has 0 radical (unpaired) electrons. The van der Waals surface area contributed by atoms with Crippen molar-refractivity contribution in [2.45, 2.75) is 6.04 Å². The summed E-state index contributed by atoms with van der Waals surface area (Å²) in [5.74, 6) is -0.198. The summed E-state index contributed by atoms with van der Waals surface area (Å²) in [4.78, 5) is 23.1. The Labute approximate surface area is 116 Å². The van der Waals surface area contributed by atoms with Gasteiger partial charge in [-0.1, -0.05) is 6.07 Å². The largest absolute Gasteiger partial charge is 0.349 e. The predicted molar refractivity (Wildman–Crippen MR) is 75.1 cm³/mol. The van der Waals surface area contributed by atoms with E-state index in [1.54, 1.807) is 17.5 Å². The van der Waals surface area contributed by atoms with Crippen molar-refractivity contribution < 1.29 is 4.79 Å². The molecule has 0 aromatic carbocycles. The van der Waals surface area contributed by atoms with E-state index in [1.807, 2.05) is 25.5 Å². The summed E-state index contributed by atoms with van der Waals surface area (Å²) in [6.07, 6.45) is 4.52. The second-order valence-electron chi connectivity index (χ2n) is 4.30. The van der Waals surface area contributed by atoms with Crippen LogP contribution < -0.4 is 5.32 Å². The van der Waals surface area contributed by atoms with Gasteiger partial charge in [0, 0.05) is 23.8 Å². The molecule has 0 spiro atoms. The first-order valence-corrected chi connectivity index (χ1v) is 6.80. The van der Waals surface area contributed by atoms with E-state index >= 15 is 0 Å². The average molecular weight is 276 g/mol. The van der Waals surface area contributed by atoms with Crippen LogP contribution in [0.1, 0.15) is 21.4 Å². The van der Waals surface area contributed by atoms with Crippen LogP contribution in [0, 0.1) is 0 Å². The standard InChI is InChI=1S/C13H16N4OS/c1-17(2)11(12-4-3-7-19-12)9-16-13(18)10-8-14-5-6-15-10/h3-8,11H,9H2,1-2H3,(H,16,18)/t11-/m0/s1. The molecule has 0 aliphatic carbocycles. The second kappa shape index (κ2) is 6.40. The number of rotatable bonds is 5. The molecular weight excluding hydrogens is 260 g/mol. The Kier molecular flexibility index (Phi) is 4.59. The van der Waals surface area contributed by atoms with Crippen LogP contribution >= 0.6 is 11.3 Å². The summed E-state index contributed by atoms with van der Waals surface area (Å²) in [5, 5.41) is 4.93. The molecule has 5 nitrogen and oxygen atoms in total. The summed E-state index contributed by atoms with van der Waals surface area (Å²) in [6, 6.07) is 4.26. The first kappa shape index (κ1) is 13.6. The van der Waals surface area contributed by atoms with Gasteiger partial charge >= 0.3 is 0 Å². The molecule has 0 aliphatic heterocycles. The molecule has 0 fully saturated rings. The van der Waals surface area contributed by atoms with Crippen molar-refractivity contribution in [3.8, 4) is 0 Å². The molecule has 2 aromatic rings. The zero-order valence-electron chi connectivity index (χ0n) is 10.9. The molecule has 0 aliphatic rings. The highest BCUT2D eigenvalue weighted by molar-refractivity contribution is 7.10. The number of nitrogens with zero attached hydrogens (tertiary/aromatic N) is 3. The van der Waals surface area contributed by atoms with E-state index in [9.17, 15) is 4.79 Å². The van der Waals surface area contributed by atoms with Crippen LogP contribution in [0.3, 0.4) is 0 Å². The minimum Gasteiger partial charge on any atom is -0.349 e. The molecule has 6 heteroatoms. The Morgan fingerprint density at radius 3 is 2.89 bits per heavy atom. The molecule has 1 N–H and O–H groups in total.